The topological polar surface area (TPSA) is 49.4 Å². The van der Waals surface area contributed by atoms with Crippen LogP contribution in [0.5, 0.6) is 0 Å². The molecule has 0 aliphatic carbocycles. The second-order valence-electron chi connectivity index (χ2n) is 4.72. The molecule has 1 fully saturated rings. The predicted octanol–water partition coefficient (Wildman–Crippen LogP) is 1.67. The van der Waals surface area contributed by atoms with E-state index in [-0.39, 0.29) is 23.9 Å². The molecule has 1 aliphatic heterocycles. The average Bonchev–Trinajstić information content (AvgIpc) is 2.67. The van der Waals surface area contributed by atoms with Gasteiger partial charge in [0.1, 0.15) is 0 Å². The zero-order chi connectivity index (χ0) is 14.9. The fourth-order valence-corrected chi connectivity index (χ4v) is 2.04. The van der Waals surface area contributed by atoms with Crippen LogP contribution in [0, 0.1) is 0 Å². The first kappa shape index (κ1) is 14.4. The molecule has 2 rings (SSSR count). The number of hydrogen-bond donors (Lipinski definition) is 1. The maximum Gasteiger partial charge on any atom is 0.416 e. The zero-order valence-corrected chi connectivity index (χ0v) is 10.7. The van der Waals surface area contributed by atoms with E-state index >= 15 is 0 Å². The fraction of sp³-hybridized carbons (Fsp3) is 0.385. The van der Waals surface area contributed by atoms with Gasteiger partial charge in [-0.05, 0) is 24.3 Å². The Morgan fingerprint density at radius 1 is 1.30 bits per heavy atom. The molecule has 0 unspecified atom stereocenters. The highest BCUT2D eigenvalue weighted by atomic mass is 19.4. The Hall–Kier alpha value is -2.05. The first-order chi connectivity index (χ1) is 9.27. The number of nitrogens with zero attached hydrogens (tertiary/aromatic N) is 1. The number of alkyl halides is 3. The van der Waals surface area contributed by atoms with Crippen LogP contribution < -0.4 is 5.32 Å². The number of likely N-dealkylation sites (N-methyl/N-ethyl adjacent to an activating group) is 1. The van der Waals surface area contributed by atoms with Crippen molar-refractivity contribution in [3.8, 4) is 0 Å². The van der Waals surface area contributed by atoms with Crippen LogP contribution in [0.3, 0.4) is 0 Å². The van der Waals surface area contributed by atoms with E-state index in [2.05, 4.69) is 5.32 Å². The SMILES string of the molecule is CN1C[C@@H](NC(=O)c2ccc(C(F)(F)F)cc2)CC1=O. The number of hydrogen-bond acceptors (Lipinski definition) is 2. The van der Waals surface area contributed by atoms with Crippen molar-refractivity contribution in [2.24, 2.45) is 0 Å². The highest BCUT2D eigenvalue weighted by Crippen LogP contribution is 2.29. The van der Waals surface area contributed by atoms with E-state index in [1.54, 1.807) is 7.05 Å². The van der Waals surface area contributed by atoms with Gasteiger partial charge >= 0.3 is 6.18 Å². The van der Waals surface area contributed by atoms with E-state index in [4.69, 9.17) is 0 Å². The smallest absolute Gasteiger partial charge is 0.347 e. The Bertz CT molecular complexity index is 525. The summed E-state index contributed by atoms with van der Waals surface area (Å²) in [6.07, 6.45) is -4.21. The van der Waals surface area contributed by atoms with Crippen LogP contribution in [0.15, 0.2) is 24.3 Å². The van der Waals surface area contributed by atoms with Crippen LogP contribution in [0.25, 0.3) is 0 Å². The largest absolute Gasteiger partial charge is 0.416 e. The molecule has 2 amide bonds. The minimum Gasteiger partial charge on any atom is -0.347 e. The molecule has 0 aromatic heterocycles. The lowest BCUT2D eigenvalue weighted by Gasteiger charge is -2.13. The van der Waals surface area contributed by atoms with Gasteiger partial charge < -0.3 is 10.2 Å². The van der Waals surface area contributed by atoms with Crippen LogP contribution in [-0.2, 0) is 11.0 Å². The van der Waals surface area contributed by atoms with Crippen LogP contribution >= 0.6 is 0 Å². The van der Waals surface area contributed by atoms with E-state index in [0.29, 0.717) is 6.54 Å². The summed E-state index contributed by atoms with van der Waals surface area (Å²) in [5.41, 5.74) is -0.662. The number of nitrogens with one attached hydrogen (secondary N) is 1. The van der Waals surface area contributed by atoms with E-state index < -0.39 is 17.6 Å². The van der Waals surface area contributed by atoms with Gasteiger partial charge in [0.25, 0.3) is 5.91 Å². The van der Waals surface area contributed by atoms with Crippen molar-refractivity contribution >= 4 is 11.8 Å². The summed E-state index contributed by atoms with van der Waals surface area (Å²) in [4.78, 5) is 24.7. The quantitative estimate of drug-likeness (QED) is 0.899. The second kappa shape index (κ2) is 5.15. The van der Waals surface area contributed by atoms with Crippen molar-refractivity contribution < 1.29 is 22.8 Å². The summed E-state index contributed by atoms with van der Waals surface area (Å²) in [5.74, 6) is -0.547. The minimum atomic E-state index is -4.42. The lowest BCUT2D eigenvalue weighted by molar-refractivity contribution is -0.137. The van der Waals surface area contributed by atoms with E-state index in [0.717, 1.165) is 24.3 Å². The number of rotatable bonds is 2. The monoisotopic (exact) mass is 286 g/mol. The van der Waals surface area contributed by atoms with Gasteiger partial charge in [0.15, 0.2) is 0 Å². The van der Waals surface area contributed by atoms with Gasteiger partial charge in [-0.2, -0.15) is 13.2 Å². The molecule has 0 bridgehead atoms. The maximum atomic E-state index is 12.4. The highest BCUT2D eigenvalue weighted by Gasteiger charge is 2.31. The van der Waals surface area contributed by atoms with E-state index in [1.807, 2.05) is 0 Å². The predicted molar refractivity (Wildman–Crippen MR) is 65.0 cm³/mol. The summed E-state index contributed by atoms with van der Waals surface area (Å²) in [5, 5.41) is 2.63. The Morgan fingerprint density at radius 2 is 1.90 bits per heavy atom. The lowest BCUT2D eigenvalue weighted by Crippen LogP contribution is -2.36. The van der Waals surface area contributed by atoms with Crippen LogP contribution in [0.1, 0.15) is 22.3 Å². The summed E-state index contributed by atoms with van der Waals surface area (Å²) in [6.45, 7) is 0.408. The van der Waals surface area contributed by atoms with Crippen LogP contribution in [0.2, 0.25) is 0 Å². The molecule has 1 saturated heterocycles. The van der Waals surface area contributed by atoms with Gasteiger partial charge in [-0.15, -0.1) is 0 Å². The first-order valence-electron chi connectivity index (χ1n) is 5.99. The van der Waals surface area contributed by atoms with Gasteiger partial charge in [-0.3, -0.25) is 9.59 Å². The third kappa shape index (κ3) is 3.09. The lowest BCUT2D eigenvalue weighted by atomic mass is 10.1. The second-order valence-corrected chi connectivity index (χ2v) is 4.72. The molecule has 1 aliphatic rings. The number of amides is 2. The van der Waals surface area contributed by atoms with Crippen LogP contribution in [0.4, 0.5) is 13.2 Å². The van der Waals surface area contributed by atoms with Gasteiger partial charge in [0.2, 0.25) is 5.91 Å². The molecular weight excluding hydrogens is 273 g/mol. The van der Waals surface area contributed by atoms with Crippen molar-refractivity contribution in [2.45, 2.75) is 18.6 Å². The van der Waals surface area contributed by atoms with Gasteiger partial charge in [0.05, 0.1) is 11.6 Å². The van der Waals surface area contributed by atoms with E-state index in [1.165, 1.54) is 4.90 Å². The Kier molecular flexibility index (Phi) is 3.69. The average molecular weight is 286 g/mol. The molecular formula is C13H13F3N2O2. The molecule has 0 spiro atoms. The van der Waals surface area contributed by atoms with E-state index in [9.17, 15) is 22.8 Å². The third-order valence-corrected chi connectivity index (χ3v) is 3.15. The van der Waals surface area contributed by atoms with Crippen molar-refractivity contribution in [1.29, 1.82) is 0 Å². The number of carbonyl (C=O) groups excluding carboxylic acids is 2. The maximum absolute atomic E-state index is 12.4. The normalized spacial score (nSPS) is 19.3. The summed E-state index contributed by atoms with van der Waals surface area (Å²) < 4.78 is 37.2. The summed E-state index contributed by atoms with van der Waals surface area (Å²) in [6, 6.07) is 3.67. The number of likely N-dealkylation sites (tertiary alicyclic amines) is 1. The van der Waals surface area contributed by atoms with Gasteiger partial charge in [0, 0.05) is 25.6 Å². The molecule has 1 heterocycles. The molecule has 1 atom stereocenters. The molecule has 1 N–H and O–H groups in total. The molecule has 0 saturated carbocycles. The molecule has 108 valence electrons. The van der Waals surface area contributed by atoms with Gasteiger partial charge in [-0.1, -0.05) is 0 Å². The minimum absolute atomic E-state index is 0.0669. The van der Waals surface area contributed by atoms with Crippen molar-refractivity contribution in [3.05, 3.63) is 35.4 Å². The highest BCUT2D eigenvalue weighted by molar-refractivity contribution is 5.95. The summed E-state index contributed by atoms with van der Waals surface area (Å²) >= 11 is 0. The van der Waals surface area contributed by atoms with Gasteiger partial charge in [-0.25, -0.2) is 0 Å². The number of carbonyl (C=O) groups is 2. The number of benzene rings is 1. The number of halogens is 3. The third-order valence-electron chi connectivity index (χ3n) is 3.15. The Morgan fingerprint density at radius 3 is 2.35 bits per heavy atom. The molecule has 1 aromatic rings. The molecule has 20 heavy (non-hydrogen) atoms. The Labute approximate surface area is 113 Å². The molecule has 0 radical (unpaired) electrons. The molecule has 4 nitrogen and oxygen atoms in total. The zero-order valence-electron chi connectivity index (χ0n) is 10.7. The van der Waals surface area contributed by atoms with Crippen LogP contribution in [-0.4, -0.2) is 36.3 Å². The first-order valence-corrected chi connectivity index (χ1v) is 5.99. The van der Waals surface area contributed by atoms with Crippen molar-refractivity contribution in [2.75, 3.05) is 13.6 Å². The molecule has 1 aromatic carbocycles. The van der Waals surface area contributed by atoms with Crippen molar-refractivity contribution in [1.82, 2.24) is 10.2 Å². The standard InChI is InChI=1S/C13H13F3N2O2/c1-18-7-10(6-11(18)19)17-12(20)8-2-4-9(5-3-8)13(14,15)16/h2-5,10H,6-7H2,1H3,(H,17,20)/t10-/m0/s1. The Balaban J connectivity index is 2.01. The fourth-order valence-electron chi connectivity index (χ4n) is 2.04. The van der Waals surface area contributed by atoms with Crippen molar-refractivity contribution in [3.63, 3.8) is 0 Å². The summed E-state index contributed by atoms with van der Waals surface area (Å²) in [7, 11) is 1.63. The molecule has 7 heteroatoms.